The lowest BCUT2D eigenvalue weighted by molar-refractivity contribution is -0.138. The van der Waals surface area contributed by atoms with E-state index in [9.17, 15) is 13.2 Å². The van der Waals surface area contributed by atoms with E-state index in [0.717, 1.165) is 27.8 Å². The van der Waals surface area contributed by atoms with Crippen molar-refractivity contribution in [1.29, 1.82) is 0 Å². The van der Waals surface area contributed by atoms with Crippen LogP contribution < -0.4 is 4.74 Å². The van der Waals surface area contributed by atoms with Crippen molar-refractivity contribution in [2.75, 3.05) is 0 Å². The molecule has 1 N–H and O–H groups in total. The Morgan fingerprint density at radius 2 is 1.64 bits per heavy atom. The molecule has 3 aromatic rings. The lowest BCUT2D eigenvalue weighted by Crippen LogP contribution is -2.10. The highest BCUT2D eigenvalue weighted by Crippen LogP contribution is 2.48. The number of ether oxygens (including phenoxy) is 1. The SMILES string of the molecule is Cc1cccc(C)c1S(=O)(=O)c1cccc2c1CC[C@H]2Oc1ccc([C@H]2C[C@@H]2C(=O)O)cc1. The van der Waals surface area contributed by atoms with Crippen LogP contribution in [0.15, 0.2) is 70.5 Å². The summed E-state index contributed by atoms with van der Waals surface area (Å²) in [7, 11) is -3.65. The highest BCUT2D eigenvalue weighted by Gasteiger charge is 2.44. The number of fused-ring (bicyclic) bond motifs is 1. The van der Waals surface area contributed by atoms with E-state index in [1.807, 2.05) is 62.4 Å². The van der Waals surface area contributed by atoms with E-state index in [1.54, 1.807) is 12.1 Å². The lowest BCUT2D eigenvalue weighted by Gasteiger charge is -2.17. The Labute approximate surface area is 194 Å². The molecule has 6 heteroatoms. The van der Waals surface area contributed by atoms with Gasteiger partial charge in [-0.05, 0) is 85.0 Å². The average Bonchev–Trinajstić information content (AvgIpc) is 3.49. The fourth-order valence-corrected chi connectivity index (χ4v) is 7.09. The average molecular weight is 463 g/mol. The fourth-order valence-electron chi connectivity index (χ4n) is 5.08. The predicted molar refractivity (Wildman–Crippen MR) is 124 cm³/mol. The summed E-state index contributed by atoms with van der Waals surface area (Å²) in [4.78, 5) is 11.9. The zero-order valence-electron chi connectivity index (χ0n) is 18.6. The maximum Gasteiger partial charge on any atom is 0.307 e. The van der Waals surface area contributed by atoms with Crippen LogP contribution in [0.3, 0.4) is 0 Å². The molecule has 5 rings (SSSR count). The topological polar surface area (TPSA) is 80.7 Å². The standard InChI is InChI=1S/C27H26O5S/c1-16-5-3-6-17(2)26(16)33(30,31)25-8-4-7-20-21(25)13-14-24(20)32-19-11-9-18(10-12-19)22-15-23(22)27(28)29/h3-12,22-24H,13-15H2,1-2H3,(H,28,29)/t22-,23+,24-/m1/s1. The second kappa shape index (κ2) is 8.03. The van der Waals surface area contributed by atoms with Crippen LogP contribution in [0, 0.1) is 19.8 Å². The normalized spacial score (nSPS) is 21.5. The maximum atomic E-state index is 13.6. The quantitative estimate of drug-likeness (QED) is 0.531. The van der Waals surface area contributed by atoms with Crippen molar-refractivity contribution in [3.05, 3.63) is 88.5 Å². The molecule has 0 aliphatic heterocycles. The third kappa shape index (κ3) is 3.82. The van der Waals surface area contributed by atoms with Crippen LogP contribution in [0.5, 0.6) is 5.75 Å². The molecule has 0 spiro atoms. The second-order valence-electron chi connectivity index (χ2n) is 9.05. The van der Waals surface area contributed by atoms with Crippen LogP contribution in [-0.4, -0.2) is 19.5 Å². The Kier molecular flexibility index (Phi) is 5.28. The summed E-state index contributed by atoms with van der Waals surface area (Å²) in [6, 6.07) is 18.6. The number of aryl methyl sites for hydroxylation is 2. The van der Waals surface area contributed by atoms with E-state index < -0.39 is 15.8 Å². The van der Waals surface area contributed by atoms with Gasteiger partial charge in [-0.1, -0.05) is 42.5 Å². The minimum Gasteiger partial charge on any atom is -0.486 e. The van der Waals surface area contributed by atoms with Gasteiger partial charge < -0.3 is 9.84 Å². The van der Waals surface area contributed by atoms with Gasteiger partial charge in [0.2, 0.25) is 9.84 Å². The molecular weight excluding hydrogens is 436 g/mol. The summed E-state index contributed by atoms with van der Waals surface area (Å²) in [5.74, 6) is -0.237. The number of rotatable bonds is 6. The maximum absolute atomic E-state index is 13.6. The van der Waals surface area contributed by atoms with Gasteiger partial charge in [-0.2, -0.15) is 0 Å². The van der Waals surface area contributed by atoms with Crippen molar-refractivity contribution in [2.45, 2.75) is 54.9 Å². The smallest absolute Gasteiger partial charge is 0.307 e. The van der Waals surface area contributed by atoms with Gasteiger partial charge in [0.1, 0.15) is 11.9 Å². The fraction of sp³-hybridized carbons (Fsp3) is 0.296. The molecule has 2 aliphatic rings. The number of hydrogen-bond acceptors (Lipinski definition) is 4. The second-order valence-corrected chi connectivity index (χ2v) is 10.9. The molecule has 1 fully saturated rings. The number of benzene rings is 3. The van der Waals surface area contributed by atoms with Crippen molar-refractivity contribution in [2.24, 2.45) is 5.92 Å². The van der Waals surface area contributed by atoms with Gasteiger partial charge in [-0.15, -0.1) is 0 Å². The molecule has 0 saturated heterocycles. The van der Waals surface area contributed by atoms with Gasteiger partial charge in [0, 0.05) is 0 Å². The van der Waals surface area contributed by atoms with Gasteiger partial charge in [0.25, 0.3) is 0 Å². The molecule has 3 aromatic carbocycles. The summed E-state index contributed by atoms with van der Waals surface area (Å²) in [5, 5.41) is 9.14. The molecule has 3 atom stereocenters. The zero-order chi connectivity index (χ0) is 23.3. The first kappa shape index (κ1) is 21.7. The van der Waals surface area contributed by atoms with Crippen LogP contribution in [0.2, 0.25) is 0 Å². The number of carboxylic acid groups (broad SMARTS) is 1. The minimum absolute atomic E-state index is 0.0846. The highest BCUT2D eigenvalue weighted by molar-refractivity contribution is 7.91. The Morgan fingerprint density at radius 3 is 2.27 bits per heavy atom. The Hall–Kier alpha value is -3.12. The third-order valence-electron chi connectivity index (χ3n) is 6.83. The van der Waals surface area contributed by atoms with E-state index in [1.165, 1.54) is 0 Å². The monoisotopic (exact) mass is 462 g/mol. The molecule has 0 bridgehead atoms. The van der Waals surface area contributed by atoms with Crippen molar-refractivity contribution in [1.82, 2.24) is 0 Å². The summed E-state index contributed by atoms with van der Waals surface area (Å²) in [6.07, 6.45) is 1.82. The molecule has 2 aliphatic carbocycles. The molecule has 0 heterocycles. The van der Waals surface area contributed by atoms with Crippen LogP contribution >= 0.6 is 0 Å². The number of aliphatic carboxylic acids is 1. The highest BCUT2D eigenvalue weighted by atomic mass is 32.2. The molecule has 5 nitrogen and oxygen atoms in total. The lowest BCUT2D eigenvalue weighted by atomic mass is 10.1. The number of carbonyl (C=O) groups is 1. The Morgan fingerprint density at radius 1 is 0.970 bits per heavy atom. The molecule has 170 valence electrons. The first-order valence-corrected chi connectivity index (χ1v) is 12.7. The van der Waals surface area contributed by atoms with E-state index in [2.05, 4.69) is 0 Å². The van der Waals surface area contributed by atoms with Crippen molar-refractivity contribution in [3.63, 3.8) is 0 Å². The third-order valence-corrected chi connectivity index (χ3v) is 8.98. The molecule has 33 heavy (non-hydrogen) atoms. The minimum atomic E-state index is -3.65. The van der Waals surface area contributed by atoms with Gasteiger partial charge in [-0.3, -0.25) is 4.79 Å². The van der Waals surface area contributed by atoms with Crippen molar-refractivity contribution < 1.29 is 23.1 Å². The van der Waals surface area contributed by atoms with Crippen LogP contribution in [0.4, 0.5) is 0 Å². The molecule has 0 aromatic heterocycles. The van der Waals surface area contributed by atoms with E-state index in [-0.39, 0.29) is 17.9 Å². The van der Waals surface area contributed by atoms with Gasteiger partial charge in [0.15, 0.2) is 0 Å². The summed E-state index contributed by atoms with van der Waals surface area (Å²) >= 11 is 0. The first-order valence-electron chi connectivity index (χ1n) is 11.2. The molecule has 0 amide bonds. The summed E-state index contributed by atoms with van der Waals surface area (Å²) in [5.41, 5.74) is 4.27. The van der Waals surface area contributed by atoms with E-state index >= 15 is 0 Å². The van der Waals surface area contributed by atoms with Crippen molar-refractivity contribution >= 4 is 15.8 Å². The molecule has 1 saturated carbocycles. The largest absolute Gasteiger partial charge is 0.486 e. The van der Waals surface area contributed by atoms with E-state index in [0.29, 0.717) is 34.8 Å². The van der Waals surface area contributed by atoms with Gasteiger partial charge >= 0.3 is 5.97 Å². The van der Waals surface area contributed by atoms with Gasteiger partial charge in [-0.25, -0.2) is 8.42 Å². The Balaban J connectivity index is 1.40. The predicted octanol–water partition coefficient (Wildman–Crippen LogP) is 5.39. The first-order chi connectivity index (χ1) is 15.8. The van der Waals surface area contributed by atoms with E-state index in [4.69, 9.17) is 9.84 Å². The number of carboxylic acids is 1. The zero-order valence-corrected chi connectivity index (χ0v) is 19.4. The molecule has 0 radical (unpaired) electrons. The summed E-state index contributed by atoms with van der Waals surface area (Å²) < 4.78 is 33.4. The molecule has 0 unspecified atom stereocenters. The number of hydrogen-bond donors (Lipinski definition) is 1. The van der Waals surface area contributed by atoms with Gasteiger partial charge in [0.05, 0.1) is 15.7 Å². The Bertz CT molecular complexity index is 1320. The summed E-state index contributed by atoms with van der Waals surface area (Å²) in [6.45, 7) is 3.66. The van der Waals surface area contributed by atoms with Crippen LogP contribution in [0.25, 0.3) is 0 Å². The number of sulfone groups is 1. The van der Waals surface area contributed by atoms with Crippen molar-refractivity contribution in [3.8, 4) is 5.75 Å². The molecular formula is C27H26O5S. The van der Waals surface area contributed by atoms with Crippen LogP contribution in [0.1, 0.15) is 52.7 Å². The van der Waals surface area contributed by atoms with Crippen LogP contribution in [-0.2, 0) is 21.1 Å².